The molecule has 2 heterocycles. The molecule has 2 aromatic rings. The molecule has 1 amide bonds. The summed E-state index contributed by atoms with van der Waals surface area (Å²) in [4.78, 5) is 26.1. The number of amides is 1. The summed E-state index contributed by atoms with van der Waals surface area (Å²) < 4.78 is 1.23. The number of carbonyl (C=O) groups excluding carboxylic acids is 1. The molecular weight excluding hydrogens is 240 g/mol. The summed E-state index contributed by atoms with van der Waals surface area (Å²) in [7, 11) is 0. The Kier molecular flexibility index (Phi) is 3.23. The lowest BCUT2D eigenvalue weighted by Gasteiger charge is -2.04. The van der Waals surface area contributed by atoms with Crippen LogP contribution in [0.3, 0.4) is 0 Å². The Labute approximate surface area is 100 Å². The standard InChI is InChI=1S/C9H8N6O3/c16-8(4-15-5-11-13-14-15)12-7-3-6(9(17)18)1-2-10-7/h1-3,5H,4H2,(H,17,18)(H,10,12,16). The fourth-order valence-electron chi connectivity index (χ4n) is 1.21. The van der Waals surface area contributed by atoms with Gasteiger partial charge in [-0.25, -0.2) is 14.5 Å². The van der Waals surface area contributed by atoms with E-state index >= 15 is 0 Å². The summed E-state index contributed by atoms with van der Waals surface area (Å²) in [5.74, 6) is -1.33. The van der Waals surface area contributed by atoms with Crippen molar-refractivity contribution in [3.63, 3.8) is 0 Å². The minimum atomic E-state index is -1.09. The lowest BCUT2D eigenvalue weighted by atomic mass is 10.2. The number of hydrogen-bond donors (Lipinski definition) is 2. The topological polar surface area (TPSA) is 123 Å². The molecule has 9 nitrogen and oxygen atoms in total. The Morgan fingerprint density at radius 2 is 2.28 bits per heavy atom. The number of aromatic nitrogens is 5. The average Bonchev–Trinajstić information content (AvgIpc) is 2.82. The summed E-state index contributed by atoms with van der Waals surface area (Å²) in [5, 5.41) is 21.5. The molecule has 0 saturated carbocycles. The number of nitrogens with zero attached hydrogens (tertiary/aromatic N) is 5. The summed E-state index contributed by atoms with van der Waals surface area (Å²) >= 11 is 0. The number of aromatic carboxylic acids is 1. The van der Waals surface area contributed by atoms with E-state index in [1.807, 2.05) is 0 Å². The second-order valence-electron chi connectivity index (χ2n) is 3.29. The highest BCUT2D eigenvalue weighted by Gasteiger charge is 2.08. The van der Waals surface area contributed by atoms with Crippen LogP contribution in [0.2, 0.25) is 0 Å². The number of carbonyl (C=O) groups is 2. The third kappa shape index (κ3) is 2.84. The van der Waals surface area contributed by atoms with Crippen LogP contribution in [0.5, 0.6) is 0 Å². The molecule has 18 heavy (non-hydrogen) atoms. The molecule has 0 fully saturated rings. The molecule has 0 aliphatic rings. The SMILES string of the molecule is O=C(Cn1cnnn1)Nc1cc(C(=O)O)ccn1. The Morgan fingerprint density at radius 1 is 1.44 bits per heavy atom. The van der Waals surface area contributed by atoms with Crippen LogP contribution in [-0.2, 0) is 11.3 Å². The van der Waals surface area contributed by atoms with Gasteiger partial charge in [-0.1, -0.05) is 0 Å². The first-order chi connectivity index (χ1) is 8.65. The van der Waals surface area contributed by atoms with E-state index in [0.29, 0.717) is 0 Å². The fourth-order valence-corrected chi connectivity index (χ4v) is 1.21. The highest BCUT2D eigenvalue weighted by Crippen LogP contribution is 2.06. The number of rotatable bonds is 4. The van der Waals surface area contributed by atoms with Crippen LogP contribution in [0, 0.1) is 0 Å². The maximum Gasteiger partial charge on any atom is 0.335 e. The normalized spacial score (nSPS) is 10.0. The van der Waals surface area contributed by atoms with E-state index in [1.54, 1.807) is 0 Å². The Morgan fingerprint density at radius 3 is 2.94 bits per heavy atom. The van der Waals surface area contributed by atoms with E-state index in [4.69, 9.17) is 5.11 Å². The van der Waals surface area contributed by atoms with Crippen molar-refractivity contribution in [3.05, 3.63) is 30.2 Å². The van der Waals surface area contributed by atoms with Crippen molar-refractivity contribution in [3.8, 4) is 0 Å². The predicted molar refractivity (Wildman–Crippen MR) is 57.6 cm³/mol. The average molecular weight is 248 g/mol. The van der Waals surface area contributed by atoms with Gasteiger partial charge in [-0.3, -0.25) is 4.79 Å². The number of anilines is 1. The van der Waals surface area contributed by atoms with Crippen molar-refractivity contribution >= 4 is 17.7 Å². The Hall–Kier alpha value is -2.84. The molecule has 0 unspecified atom stereocenters. The Balaban J connectivity index is 2.03. The third-order valence-electron chi connectivity index (χ3n) is 1.97. The summed E-state index contributed by atoms with van der Waals surface area (Å²) in [5.41, 5.74) is 0.0442. The molecule has 0 aliphatic heterocycles. The van der Waals surface area contributed by atoms with Crippen molar-refractivity contribution in [2.24, 2.45) is 0 Å². The molecule has 0 spiro atoms. The number of pyridine rings is 1. The van der Waals surface area contributed by atoms with Gasteiger partial charge in [-0.15, -0.1) is 5.10 Å². The molecule has 92 valence electrons. The van der Waals surface area contributed by atoms with Crippen LogP contribution >= 0.6 is 0 Å². The van der Waals surface area contributed by atoms with Crippen molar-refractivity contribution in [1.82, 2.24) is 25.2 Å². The minimum Gasteiger partial charge on any atom is -0.478 e. The van der Waals surface area contributed by atoms with Crippen LogP contribution in [0.1, 0.15) is 10.4 Å². The first-order valence-electron chi connectivity index (χ1n) is 4.85. The van der Waals surface area contributed by atoms with Crippen molar-refractivity contribution < 1.29 is 14.7 Å². The van der Waals surface area contributed by atoms with Crippen LogP contribution in [0.25, 0.3) is 0 Å². The van der Waals surface area contributed by atoms with E-state index in [9.17, 15) is 9.59 Å². The number of carboxylic acid groups (broad SMARTS) is 1. The summed E-state index contributed by atoms with van der Waals surface area (Å²) in [6.45, 7) is -0.0774. The highest BCUT2D eigenvalue weighted by atomic mass is 16.4. The quantitative estimate of drug-likeness (QED) is 0.740. The van der Waals surface area contributed by atoms with Gasteiger partial charge in [-0.2, -0.15) is 0 Å². The summed E-state index contributed by atoms with van der Waals surface area (Å²) in [6.07, 6.45) is 2.59. The van der Waals surface area contributed by atoms with Crippen LogP contribution < -0.4 is 5.32 Å². The number of carboxylic acids is 1. The smallest absolute Gasteiger partial charge is 0.335 e. The number of tetrazole rings is 1. The highest BCUT2D eigenvalue weighted by molar-refractivity contribution is 5.92. The van der Waals surface area contributed by atoms with E-state index in [0.717, 1.165) is 0 Å². The van der Waals surface area contributed by atoms with Crippen molar-refractivity contribution in [2.45, 2.75) is 6.54 Å². The van der Waals surface area contributed by atoms with Crippen LogP contribution in [0.15, 0.2) is 24.7 Å². The van der Waals surface area contributed by atoms with Crippen LogP contribution in [0.4, 0.5) is 5.82 Å². The zero-order chi connectivity index (χ0) is 13.0. The molecule has 0 radical (unpaired) electrons. The Bertz CT molecular complexity index is 567. The van der Waals surface area contributed by atoms with Gasteiger partial charge < -0.3 is 10.4 Å². The van der Waals surface area contributed by atoms with Crippen LogP contribution in [-0.4, -0.2) is 42.2 Å². The third-order valence-corrected chi connectivity index (χ3v) is 1.97. The molecule has 0 bridgehead atoms. The largest absolute Gasteiger partial charge is 0.478 e. The second-order valence-corrected chi connectivity index (χ2v) is 3.29. The monoisotopic (exact) mass is 248 g/mol. The zero-order valence-electron chi connectivity index (χ0n) is 9.02. The van der Waals surface area contributed by atoms with E-state index in [-0.39, 0.29) is 17.9 Å². The molecule has 2 rings (SSSR count). The molecule has 0 atom stereocenters. The second kappa shape index (κ2) is 4.99. The van der Waals surface area contributed by atoms with Gasteiger partial charge in [0, 0.05) is 6.20 Å². The number of hydrogen-bond acceptors (Lipinski definition) is 6. The molecular formula is C9H8N6O3. The maximum atomic E-state index is 11.5. The lowest BCUT2D eigenvalue weighted by molar-refractivity contribution is -0.117. The van der Waals surface area contributed by atoms with Gasteiger partial charge in [0.15, 0.2) is 0 Å². The van der Waals surface area contributed by atoms with Gasteiger partial charge in [0.1, 0.15) is 18.7 Å². The molecule has 9 heteroatoms. The van der Waals surface area contributed by atoms with Gasteiger partial charge >= 0.3 is 5.97 Å². The van der Waals surface area contributed by atoms with E-state index in [1.165, 1.54) is 29.3 Å². The van der Waals surface area contributed by atoms with Gasteiger partial charge in [0.2, 0.25) is 5.91 Å². The zero-order valence-corrected chi connectivity index (χ0v) is 9.02. The predicted octanol–water partition coefficient (Wildman–Crippen LogP) is -0.595. The van der Waals surface area contributed by atoms with Crippen molar-refractivity contribution in [1.29, 1.82) is 0 Å². The minimum absolute atomic E-state index is 0.0442. The van der Waals surface area contributed by atoms with Gasteiger partial charge in [0.05, 0.1) is 5.56 Å². The molecule has 0 saturated heterocycles. The van der Waals surface area contributed by atoms with E-state index in [2.05, 4.69) is 25.8 Å². The summed E-state index contributed by atoms with van der Waals surface area (Å²) in [6, 6.07) is 2.60. The number of nitrogens with one attached hydrogen (secondary N) is 1. The lowest BCUT2D eigenvalue weighted by Crippen LogP contribution is -2.20. The van der Waals surface area contributed by atoms with Gasteiger partial charge in [-0.05, 0) is 22.6 Å². The molecule has 2 aromatic heterocycles. The molecule has 2 N–H and O–H groups in total. The first-order valence-corrected chi connectivity index (χ1v) is 4.85. The fraction of sp³-hybridized carbons (Fsp3) is 0.111. The van der Waals surface area contributed by atoms with E-state index < -0.39 is 11.9 Å². The maximum absolute atomic E-state index is 11.5. The van der Waals surface area contributed by atoms with Gasteiger partial charge in [0.25, 0.3) is 0 Å². The molecule has 0 aliphatic carbocycles. The molecule has 0 aromatic carbocycles. The first kappa shape index (κ1) is 11.6. The van der Waals surface area contributed by atoms with Crippen molar-refractivity contribution in [2.75, 3.05) is 5.32 Å².